The standard InChI is InChI=1S/C29H27BrN6O8S/c1-14(37)44-12-17-13-45-26-23(25(39)35(26)24(17)27(40)41)32-21(38)10-15-3-2-4-19(9-15)31-28(42)34-11-20-22(33-36(20)29(34)43)16-5-7-18(30)8-6-16/h2-9,20,22-23,26,33H,10-13H2,1H3,(H,31,42)(H,32,38)(H,40,41)/t20?,22?,23?,26-/m0/s1. The van der Waals surface area contributed by atoms with Gasteiger partial charge >= 0.3 is 24.0 Å². The maximum atomic E-state index is 13.0. The molecule has 4 heterocycles. The van der Waals surface area contributed by atoms with E-state index in [1.807, 2.05) is 24.3 Å². The second-order valence-electron chi connectivity index (χ2n) is 10.8. The summed E-state index contributed by atoms with van der Waals surface area (Å²) in [6.45, 7) is 1.17. The molecule has 16 heteroatoms. The number of hydrogen-bond acceptors (Lipinski definition) is 9. The maximum absolute atomic E-state index is 13.0. The Bertz CT molecular complexity index is 1650. The summed E-state index contributed by atoms with van der Waals surface area (Å²) in [6.07, 6.45) is -0.110. The van der Waals surface area contributed by atoms with Crippen LogP contribution in [0.1, 0.15) is 24.1 Å². The second kappa shape index (κ2) is 12.2. The predicted molar refractivity (Wildman–Crippen MR) is 163 cm³/mol. The third-order valence-corrected chi connectivity index (χ3v) is 9.70. The number of halogens is 1. The van der Waals surface area contributed by atoms with Gasteiger partial charge in [0.25, 0.3) is 5.91 Å². The SMILES string of the molecule is CC(=O)OCC1=C(C(=O)O)N2C(=O)C(NC(=O)Cc3cccc(NC(=O)N4CC5C(c6ccc(Br)cc6)NN5C4=O)c3)[C@@H]2SC1. The van der Waals surface area contributed by atoms with Crippen LogP contribution in [0.4, 0.5) is 15.3 Å². The lowest BCUT2D eigenvalue weighted by Crippen LogP contribution is -2.70. The molecular formula is C29H27BrN6O8S. The molecule has 14 nitrogen and oxygen atoms in total. The molecule has 45 heavy (non-hydrogen) atoms. The van der Waals surface area contributed by atoms with E-state index in [0.717, 1.165) is 19.8 Å². The van der Waals surface area contributed by atoms with Crippen LogP contribution in [0.15, 0.2) is 64.3 Å². The largest absolute Gasteiger partial charge is 0.477 e. The first kappa shape index (κ1) is 30.6. The van der Waals surface area contributed by atoms with Crippen molar-refractivity contribution in [2.24, 2.45) is 0 Å². The van der Waals surface area contributed by atoms with Gasteiger partial charge in [0.1, 0.15) is 23.7 Å². The van der Waals surface area contributed by atoms with Crippen LogP contribution in [0.25, 0.3) is 0 Å². The number of thioether (sulfide) groups is 1. The number of carbonyl (C=O) groups excluding carboxylic acids is 5. The molecule has 3 fully saturated rings. The lowest BCUT2D eigenvalue weighted by molar-refractivity contribution is -0.151. The average molecular weight is 700 g/mol. The number of carbonyl (C=O) groups is 6. The van der Waals surface area contributed by atoms with Crippen LogP contribution in [-0.4, -0.2) is 92.1 Å². The van der Waals surface area contributed by atoms with Crippen molar-refractivity contribution in [3.8, 4) is 0 Å². The quantitative estimate of drug-likeness (QED) is 0.236. The molecule has 0 radical (unpaired) electrons. The molecule has 0 aromatic heterocycles. The van der Waals surface area contributed by atoms with Crippen LogP contribution >= 0.6 is 27.7 Å². The fourth-order valence-corrected chi connectivity index (χ4v) is 7.25. The third kappa shape index (κ3) is 5.87. The van der Waals surface area contributed by atoms with E-state index in [1.54, 1.807) is 24.3 Å². The van der Waals surface area contributed by atoms with Gasteiger partial charge in [-0.2, -0.15) is 0 Å². The first-order valence-electron chi connectivity index (χ1n) is 13.9. The van der Waals surface area contributed by atoms with E-state index in [2.05, 4.69) is 32.0 Å². The number of anilines is 1. The van der Waals surface area contributed by atoms with Crippen LogP contribution in [0.3, 0.4) is 0 Å². The Morgan fingerprint density at radius 2 is 1.89 bits per heavy atom. The molecule has 4 aliphatic rings. The molecule has 0 saturated carbocycles. The maximum Gasteiger partial charge on any atom is 0.352 e. The molecule has 0 bridgehead atoms. The number of rotatable bonds is 8. The van der Waals surface area contributed by atoms with E-state index < -0.39 is 47.2 Å². The number of benzene rings is 2. The van der Waals surface area contributed by atoms with Crippen LogP contribution in [0.2, 0.25) is 0 Å². The zero-order valence-corrected chi connectivity index (χ0v) is 26.1. The number of amides is 6. The van der Waals surface area contributed by atoms with E-state index in [4.69, 9.17) is 4.74 Å². The minimum atomic E-state index is -1.32. The molecule has 234 valence electrons. The van der Waals surface area contributed by atoms with Crippen LogP contribution in [-0.2, 0) is 30.3 Å². The minimum Gasteiger partial charge on any atom is -0.477 e. The highest BCUT2D eigenvalue weighted by atomic mass is 79.9. The average Bonchev–Trinajstić information content (AvgIpc) is 3.24. The van der Waals surface area contributed by atoms with Crippen molar-refractivity contribution in [3.63, 3.8) is 0 Å². The lowest BCUT2D eigenvalue weighted by atomic mass is 9.96. The van der Waals surface area contributed by atoms with E-state index >= 15 is 0 Å². The number of carboxylic acid groups (broad SMARTS) is 1. The van der Waals surface area contributed by atoms with Crippen LogP contribution < -0.4 is 16.1 Å². The zero-order chi connectivity index (χ0) is 32.0. The van der Waals surface area contributed by atoms with Crippen LogP contribution in [0.5, 0.6) is 0 Å². The molecule has 3 saturated heterocycles. The number of ether oxygens (including phenoxy) is 1. The Morgan fingerprint density at radius 1 is 1.13 bits per heavy atom. The van der Waals surface area contributed by atoms with Crippen molar-refractivity contribution in [3.05, 3.63) is 75.4 Å². The van der Waals surface area contributed by atoms with Gasteiger partial charge < -0.3 is 20.5 Å². The van der Waals surface area contributed by atoms with E-state index in [0.29, 0.717) is 16.8 Å². The summed E-state index contributed by atoms with van der Waals surface area (Å²) < 4.78 is 5.87. The highest BCUT2D eigenvalue weighted by Gasteiger charge is 2.54. The van der Waals surface area contributed by atoms with E-state index in [9.17, 15) is 33.9 Å². The summed E-state index contributed by atoms with van der Waals surface area (Å²) in [7, 11) is 0. The predicted octanol–water partition coefficient (Wildman–Crippen LogP) is 2.19. The highest BCUT2D eigenvalue weighted by Crippen LogP contribution is 2.40. The number of β-lactam (4-membered cyclic amide) rings is 1. The monoisotopic (exact) mass is 698 g/mol. The fourth-order valence-electron chi connectivity index (χ4n) is 5.66. The van der Waals surface area contributed by atoms with Gasteiger partial charge in [0.15, 0.2) is 0 Å². The molecule has 4 aliphatic heterocycles. The number of carboxylic acids is 1. The summed E-state index contributed by atoms with van der Waals surface area (Å²) in [5.41, 5.74) is 5.10. The summed E-state index contributed by atoms with van der Waals surface area (Å²) in [6, 6.07) is 12.0. The Kier molecular flexibility index (Phi) is 8.28. The van der Waals surface area contributed by atoms with Crippen molar-refractivity contribution in [1.29, 1.82) is 0 Å². The van der Waals surface area contributed by atoms with Gasteiger partial charge in [-0.15, -0.1) is 11.8 Å². The molecule has 2 aromatic rings. The zero-order valence-electron chi connectivity index (χ0n) is 23.7. The normalized spacial score (nSPS) is 23.5. The number of nitrogens with zero attached hydrogens (tertiary/aromatic N) is 3. The molecule has 0 spiro atoms. The van der Waals surface area contributed by atoms with Gasteiger partial charge in [-0.25, -0.2) is 24.7 Å². The Balaban J connectivity index is 1.04. The fraction of sp³-hybridized carbons (Fsp3) is 0.310. The summed E-state index contributed by atoms with van der Waals surface area (Å²) in [5.74, 6) is -2.71. The third-order valence-electron chi connectivity index (χ3n) is 7.83. The molecule has 6 amide bonds. The number of nitrogens with one attached hydrogen (secondary N) is 3. The molecule has 4 N–H and O–H groups in total. The summed E-state index contributed by atoms with van der Waals surface area (Å²) >= 11 is 4.68. The van der Waals surface area contributed by atoms with Crippen molar-refractivity contribution >= 4 is 69.2 Å². The van der Waals surface area contributed by atoms with Crippen molar-refractivity contribution in [2.75, 3.05) is 24.2 Å². The lowest BCUT2D eigenvalue weighted by Gasteiger charge is -2.49. The van der Waals surface area contributed by atoms with Gasteiger partial charge in [0.05, 0.1) is 25.0 Å². The Hall–Kier alpha value is -4.41. The number of aliphatic carboxylic acids is 1. The van der Waals surface area contributed by atoms with E-state index in [-0.39, 0.29) is 43.1 Å². The Labute approximate surface area is 269 Å². The van der Waals surface area contributed by atoms with Crippen molar-refractivity contribution in [1.82, 2.24) is 25.6 Å². The number of hydrogen-bond donors (Lipinski definition) is 4. The van der Waals surface area contributed by atoms with Gasteiger partial charge in [-0.05, 0) is 35.4 Å². The smallest absolute Gasteiger partial charge is 0.352 e. The van der Waals surface area contributed by atoms with Crippen molar-refractivity contribution in [2.45, 2.75) is 36.8 Å². The summed E-state index contributed by atoms with van der Waals surface area (Å²) in [4.78, 5) is 76.9. The number of urea groups is 2. The first-order chi connectivity index (χ1) is 21.5. The van der Waals surface area contributed by atoms with E-state index in [1.165, 1.54) is 23.7 Å². The number of hydrazine groups is 1. The molecule has 3 unspecified atom stereocenters. The molecular weight excluding hydrogens is 672 g/mol. The molecule has 4 atom stereocenters. The number of fused-ring (bicyclic) bond motifs is 2. The highest BCUT2D eigenvalue weighted by molar-refractivity contribution is 9.10. The van der Waals surface area contributed by atoms with Crippen LogP contribution in [0, 0.1) is 0 Å². The van der Waals surface area contributed by atoms with Gasteiger partial charge in [-0.3, -0.25) is 24.3 Å². The number of esters is 1. The topological polar surface area (TPSA) is 178 Å². The van der Waals surface area contributed by atoms with Gasteiger partial charge in [0.2, 0.25) is 5.91 Å². The minimum absolute atomic E-state index is 0.0992. The molecule has 0 aliphatic carbocycles. The Morgan fingerprint density at radius 3 is 2.60 bits per heavy atom. The van der Waals surface area contributed by atoms with Crippen molar-refractivity contribution < 1.29 is 38.6 Å². The second-order valence-corrected chi connectivity index (χ2v) is 12.8. The molecule has 2 aromatic carbocycles. The number of imide groups is 1. The van der Waals surface area contributed by atoms with Gasteiger partial charge in [-0.1, -0.05) is 40.2 Å². The summed E-state index contributed by atoms with van der Waals surface area (Å²) in [5, 5.41) is 15.9. The first-order valence-corrected chi connectivity index (χ1v) is 15.7. The molecule has 6 rings (SSSR count). The van der Waals surface area contributed by atoms with Gasteiger partial charge in [0, 0.05) is 28.4 Å².